The molecule has 1 aromatic carbocycles. The Balaban J connectivity index is 0.000000677. The molecular weight excluding hydrogens is 274 g/mol. The van der Waals surface area contributed by atoms with Crippen LogP contribution in [0.5, 0.6) is 0 Å². The van der Waals surface area contributed by atoms with Crippen molar-refractivity contribution in [2.24, 2.45) is 0 Å². The van der Waals surface area contributed by atoms with E-state index < -0.39 is 0 Å². The van der Waals surface area contributed by atoms with Gasteiger partial charge in [0.1, 0.15) is 6.54 Å². The van der Waals surface area contributed by atoms with Crippen LogP contribution in [0.25, 0.3) is 0 Å². The average Bonchev–Trinajstić information content (AvgIpc) is 2.55. The summed E-state index contributed by atoms with van der Waals surface area (Å²) in [7, 11) is 3.88. The molecule has 1 aliphatic heterocycles. The summed E-state index contributed by atoms with van der Waals surface area (Å²) in [6.07, 6.45) is 0. The Kier molecular flexibility index (Phi) is 6.35. The summed E-state index contributed by atoms with van der Waals surface area (Å²) in [4.78, 5) is 36.0. The van der Waals surface area contributed by atoms with E-state index in [0.717, 1.165) is 6.54 Å². The number of amides is 2. The fraction of sp³-hybridized carbons (Fsp3) is 0.357. The van der Waals surface area contributed by atoms with E-state index in [2.05, 4.69) is 5.32 Å². The fourth-order valence-corrected chi connectivity index (χ4v) is 1.89. The summed E-state index contributed by atoms with van der Waals surface area (Å²) in [5, 5.41) is 9.64. The first-order valence-electron chi connectivity index (χ1n) is 6.40. The lowest BCUT2D eigenvalue weighted by Gasteiger charge is -2.21. The minimum atomic E-state index is -0.250. The molecule has 0 fully saturated rings. The standard InChI is InChI=1S/C13H17N3O2.CH2O2/c1-15(2)7-8-16-9-12(17)14-11-6-4-3-5-10(11)13(16)18;2-1-3/h3-6H,7-9H2,1-2H3,(H,14,17);1H,(H,2,3). The Labute approximate surface area is 123 Å². The summed E-state index contributed by atoms with van der Waals surface area (Å²) in [6.45, 7) is 1.15. The SMILES string of the molecule is CN(C)CCN1CC(=O)Nc2ccccc2C1=O.O=CO. The van der Waals surface area contributed by atoms with Crippen molar-refractivity contribution in [1.82, 2.24) is 9.80 Å². The van der Waals surface area contributed by atoms with Gasteiger partial charge in [-0.25, -0.2) is 0 Å². The lowest BCUT2D eigenvalue weighted by molar-refractivity contribution is -0.123. The molecule has 2 N–H and O–H groups in total. The number of hydrogen-bond acceptors (Lipinski definition) is 4. The summed E-state index contributed by atoms with van der Waals surface area (Å²) in [6, 6.07) is 7.10. The van der Waals surface area contributed by atoms with Crippen LogP contribution in [-0.4, -0.2) is 66.9 Å². The molecule has 0 unspecified atom stereocenters. The number of nitrogens with zero attached hydrogens (tertiary/aromatic N) is 2. The van der Waals surface area contributed by atoms with Crippen LogP contribution >= 0.6 is 0 Å². The molecule has 0 saturated heterocycles. The van der Waals surface area contributed by atoms with E-state index in [-0.39, 0.29) is 24.8 Å². The summed E-state index contributed by atoms with van der Waals surface area (Å²) >= 11 is 0. The van der Waals surface area contributed by atoms with Crippen LogP contribution in [0.3, 0.4) is 0 Å². The third kappa shape index (κ3) is 4.88. The fourth-order valence-electron chi connectivity index (χ4n) is 1.89. The Hall–Kier alpha value is -2.41. The maximum absolute atomic E-state index is 12.3. The van der Waals surface area contributed by atoms with Gasteiger partial charge in [-0.05, 0) is 26.2 Å². The van der Waals surface area contributed by atoms with Gasteiger partial charge >= 0.3 is 0 Å². The van der Waals surface area contributed by atoms with Gasteiger partial charge in [-0.1, -0.05) is 12.1 Å². The van der Waals surface area contributed by atoms with E-state index in [0.29, 0.717) is 17.8 Å². The molecule has 0 bridgehead atoms. The molecule has 7 nitrogen and oxygen atoms in total. The third-order valence-electron chi connectivity index (χ3n) is 2.87. The van der Waals surface area contributed by atoms with Gasteiger partial charge in [0.2, 0.25) is 5.91 Å². The van der Waals surface area contributed by atoms with Crippen LogP contribution in [0.15, 0.2) is 24.3 Å². The van der Waals surface area contributed by atoms with Gasteiger partial charge in [0, 0.05) is 13.1 Å². The van der Waals surface area contributed by atoms with Crippen LogP contribution in [0.4, 0.5) is 5.69 Å². The quantitative estimate of drug-likeness (QED) is 0.785. The first-order valence-corrected chi connectivity index (χ1v) is 6.40. The van der Waals surface area contributed by atoms with Crippen molar-refractivity contribution in [1.29, 1.82) is 0 Å². The number of para-hydroxylation sites is 1. The molecule has 0 atom stereocenters. The van der Waals surface area contributed by atoms with Crippen molar-refractivity contribution < 1.29 is 19.5 Å². The molecule has 2 amide bonds. The molecule has 0 aliphatic carbocycles. The lowest BCUT2D eigenvalue weighted by Crippen LogP contribution is -2.39. The second-order valence-corrected chi connectivity index (χ2v) is 4.73. The second kappa shape index (κ2) is 8.01. The molecule has 1 heterocycles. The number of carboxylic acid groups (broad SMARTS) is 1. The number of carbonyl (C=O) groups is 3. The molecule has 1 aromatic rings. The Morgan fingerprint density at radius 3 is 2.57 bits per heavy atom. The summed E-state index contributed by atoms with van der Waals surface area (Å²) in [5.74, 6) is -0.238. The highest BCUT2D eigenvalue weighted by atomic mass is 16.3. The number of hydrogen-bond donors (Lipinski definition) is 2. The van der Waals surface area contributed by atoms with Crippen LogP contribution in [0.2, 0.25) is 0 Å². The monoisotopic (exact) mass is 293 g/mol. The van der Waals surface area contributed by atoms with Crippen LogP contribution in [0, 0.1) is 0 Å². The van der Waals surface area contributed by atoms with Crippen LogP contribution in [-0.2, 0) is 9.59 Å². The van der Waals surface area contributed by atoms with Crippen molar-refractivity contribution in [3.8, 4) is 0 Å². The summed E-state index contributed by atoms with van der Waals surface area (Å²) < 4.78 is 0. The number of anilines is 1. The normalized spacial score (nSPS) is 13.8. The zero-order valence-corrected chi connectivity index (χ0v) is 12.1. The molecule has 0 saturated carbocycles. The van der Waals surface area contributed by atoms with Crippen molar-refractivity contribution in [3.63, 3.8) is 0 Å². The zero-order valence-electron chi connectivity index (χ0n) is 12.1. The van der Waals surface area contributed by atoms with E-state index in [4.69, 9.17) is 9.90 Å². The molecule has 1 aliphatic rings. The van der Waals surface area contributed by atoms with E-state index in [1.165, 1.54) is 0 Å². The molecule has 0 radical (unpaired) electrons. The Bertz CT molecular complexity index is 517. The predicted molar refractivity (Wildman–Crippen MR) is 78.2 cm³/mol. The predicted octanol–water partition coefficient (Wildman–Crippen LogP) is 0.343. The first-order chi connectivity index (χ1) is 9.99. The van der Waals surface area contributed by atoms with E-state index >= 15 is 0 Å². The van der Waals surface area contributed by atoms with Gasteiger partial charge in [-0.15, -0.1) is 0 Å². The van der Waals surface area contributed by atoms with Crippen molar-refractivity contribution in [3.05, 3.63) is 29.8 Å². The van der Waals surface area contributed by atoms with Gasteiger partial charge in [-0.3, -0.25) is 14.4 Å². The van der Waals surface area contributed by atoms with Crippen LogP contribution in [0.1, 0.15) is 10.4 Å². The minimum absolute atomic E-state index is 0.0919. The molecular formula is C14H19N3O4. The molecule has 114 valence electrons. The molecule has 7 heteroatoms. The number of benzene rings is 1. The Morgan fingerprint density at radius 2 is 1.95 bits per heavy atom. The first kappa shape index (κ1) is 16.6. The van der Waals surface area contributed by atoms with Gasteiger partial charge in [0.25, 0.3) is 12.4 Å². The highest BCUT2D eigenvalue weighted by molar-refractivity contribution is 6.08. The summed E-state index contributed by atoms with van der Waals surface area (Å²) in [5.41, 5.74) is 1.15. The zero-order chi connectivity index (χ0) is 15.8. The second-order valence-electron chi connectivity index (χ2n) is 4.73. The van der Waals surface area contributed by atoms with Crippen LogP contribution < -0.4 is 5.32 Å². The minimum Gasteiger partial charge on any atom is -0.483 e. The highest BCUT2D eigenvalue weighted by Crippen LogP contribution is 2.19. The maximum Gasteiger partial charge on any atom is 0.290 e. The van der Waals surface area contributed by atoms with E-state index in [1.54, 1.807) is 23.1 Å². The molecule has 0 aromatic heterocycles. The van der Waals surface area contributed by atoms with Crippen molar-refractivity contribution in [2.45, 2.75) is 0 Å². The third-order valence-corrected chi connectivity index (χ3v) is 2.87. The lowest BCUT2D eigenvalue weighted by atomic mass is 10.1. The number of nitrogens with one attached hydrogen (secondary N) is 1. The number of likely N-dealkylation sites (N-methyl/N-ethyl adjacent to an activating group) is 1. The van der Waals surface area contributed by atoms with E-state index in [9.17, 15) is 9.59 Å². The van der Waals surface area contributed by atoms with Gasteiger partial charge in [0.15, 0.2) is 0 Å². The maximum atomic E-state index is 12.3. The van der Waals surface area contributed by atoms with Gasteiger partial charge < -0.3 is 20.2 Å². The number of rotatable bonds is 3. The highest BCUT2D eigenvalue weighted by Gasteiger charge is 2.25. The molecule has 0 spiro atoms. The van der Waals surface area contributed by atoms with Gasteiger partial charge in [0.05, 0.1) is 11.3 Å². The largest absolute Gasteiger partial charge is 0.483 e. The van der Waals surface area contributed by atoms with E-state index in [1.807, 2.05) is 25.1 Å². The van der Waals surface area contributed by atoms with Gasteiger partial charge in [-0.2, -0.15) is 0 Å². The smallest absolute Gasteiger partial charge is 0.290 e. The van der Waals surface area contributed by atoms with Crippen molar-refractivity contribution in [2.75, 3.05) is 39.0 Å². The topological polar surface area (TPSA) is 90.0 Å². The number of fused-ring (bicyclic) bond motifs is 1. The van der Waals surface area contributed by atoms with Crippen molar-refractivity contribution >= 4 is 24.0 Å². The molecule has 2 rings (SSSR count). The molecule has 21 heavy (non-hydrogen) atoms. The Morgan fingerprint density at radius 1 is 1.33 bits per heavy atom. The average molecular weight is 293 g/mol. The number of carbonyl (C=O) groups excluding carboxylic acids is 2.